The van der Waals surface area contributed by atoms with Crippen molar-refractivity contribution >= 4 is 10.1 Å². The van der Waals surface area contributed by atoms with Crippen LogP contribution in [0, 0.1) is 0 Å². The molecule has 17 heavy (non-hydrogen) atoms. The third-order valence-corrected chi connectivity index (χ3v) is 3.14. The van der Waals surface area contributed by atoms with Crippen LogP contribution in [-0.2, 0) is 14.3 Å². The molecule has 0 amide bonds. The average molecular weight is 268 g/mol. The molecule has 1 unspecified atom stereocenters. The number of alkyl halides is 3. The second-order valence-electron chi connectivity index (χ2n) is 3.50. The van der Waals surface area contributed by atoms with E-state index >= 15 is 0 Å². The highest BCUT2D eigenvalue weighted by Gasteiger charge is 2.47. The van der Waals surface area contributed by atoms with Crippen LogP contribution in [0.5, 0.6) is 0 Å². The van der Waals surface area contributed by atoms with Crippen LogP contribution in [0.2, 0.25) is 0 Å². The smallest absolute Gasteiger partial charge is 0.263 e. The summed E-state index contributed by atoms with van der Waals surface area (Å²) in [6.45, 7) is 1.05. The van der Waals surface area contributed by atoms with Gasteiger partial charge < -0.3 is 0 Å². The van der Waals surface area contributed by atoms with Gasteiger partial charge in [0.05, 0.1) is 6.61 Å². The highest BCUT2D eigenvalue weighted by molar-refractivity contribution is 7.87. The second kappa shape index (κ2) is 5.05. The maximum Gasteiger partial charge on any atom is 0.523 e. The molecule has 0 saturated carbocycles. The number of rotatable bonds is 4. The molecule has 1 aromatic rings. The van der Waals surface area contributed by atoms with Crippen LogP contribution in [-0.4, -0.2) is 20.5 Å². The molecule has 0 aliphatic heterocycles. The topological polar surface area (TPSA) is 43.4 Å². The van der Waals surface area contributed by atoms with Gasteiger partial charge in [0, 0.05) is 5.92 Å². The van der Waals surface area contributed by atoms with Gasteiger partial charge in [-0.15, -0.1) is 0 Å². The van der Waals surface area contributed by atoms with Gasteiger partial charge in [-0.25, -0.2) is 0 Å². The van der Waals surface area contributed by atoms with Crippen LogP contribution >= 0.6 is 0 Å². The van der Waals surface area contributed by atoms with E-state index in [0.29, 0.717) is 5.56 Å². The van der Waals surface area contributed by atoms with E-state index in [1.807, 2.05) is 0 Å². The van der Waals surface area contributed by atoms with E-state index in [2.05, 4.69) is 4.18 Å². The van der Waals surface area contributed by atoms with Crippen LogP contribution < -0.4 is 0 Å². The van der Waals surface area contributed by atoms with Gasteiger partial charge in [-0.1, -0.05) is 37.3 Å². The van der Waals surface area contributed by atoms with E-state index in [1.54, 1.807) is 37.3 Å². The number of benzene rings is 1. The number of hydrogen-bond donors (Lipinski definition) is 0. The van der Waals surface area contributed by atoms with Crippen molar-refractivity contribution in [1.29, 1.82) is 0 Å². The Morgan fingerprint density at radius 1 is 1.24 bits per heavy atom. The van der Waals surface area contributed by atoms with E-state index in [4.69, 9.17) is 0 Å². The van der Waals surface area contributed by atoms with E-state index in [9.17, 15) is 21.6 Å². The Morgan fingerprint density at radius 3 is 2.24 bits per heavy atom. The van der Waals surface area contributed by atoms with E-state index in [0.717, 1.165) is 0 Å². The summed E-state index contributed by atoms with van der Waals surface area (Å²) >= 11 is 0. The molecule has 1 aromatic carbocycles. The van der Waals surface area contributed by atoms with Crippen LogP contribution in [0.3, 0.4) is 0 Å². The zero-order valence-corrected chi connectivity index (χ0v) is 9.75. The molecular formula is C10H11F3O3S. The maximum absolute atomic E-state index is 12.0. The molecule has 0 aromatic heterocycles. The van der Waals surface area contributed by atoms with Crippen molar-refractivity contribution < 1.29 is 25.8 Å². The predicted molar refractivity (Wildman–Crippen MR) is 55.8 cm³/mol. The van der Waals surface area contributed by atoms with Crippen LogP contribution in [0.25, 0.3) is 0 Å². The molecule has 1 rings (SSSR count). The highest BCUT2D eigenvalue weighted by Crippen LogP contribution is 2.26. The Labute approximate surface area is 97.3 Å². The minimum Gasteiger partial charge on any atom is -0.263 e. The zero-order chi connectivity index (χ0) is 13.1. The maximum atomic E-state index is 12.0. The highest BCUT2D eigenvalue weighted by atomic mass is 32.2. The SMILES string of the molecule is CC(COS(=O)(=O)C(F)(F)F)c1ccccc1. The summed E-state index contributed by atoms with van der Waals surface area (Å²) in [7, 11) is -5.50. The summed E-state index contributed by atoms with van der Waals surface area (Å²) < 4.78 is 61.2. The van der Waals surface area contributed by atoms with Crippen molar-refractivity contribution in [3.8, 4) is 0 Å². The number of hydrogen-bond acceptors (Lipinski definition) is 3. The molecule has 0 heterocycles. The van der Waals surface area contributed by atoms with Gasteiger partial charge >= 0.3 is 15.6 Å². The first kappa shape index (κ1) is 14.0. The molecule has 0 aliphatic rings. The Kier molecular flexibility index (Phi) is 4.16. The van der Waals surface area contributed by atoms with E-state index in [1.165, 1.54) is 0 Å². The van der Waals surface area contributed by atoms with E-state index < -0.39 is 28.2 Å². The number of halogens is 3. The molecule has 96 valence electrons. The Balaban J connectivity index is 2.64. The molecule has 0 fully saturated rings. The third kappa shape index (κ3) is 3.71. The summed E-state index contributed by atoms with van der Waals surface area (Å²) in [5, 5.41) is 0. The van der Waals surface area contributed by atoms with Gasteiger partial charge in [0.15, 0.2) is 0 Å². The Bertz CT molecular complexity index is 453. The second-order valence-corrected chi connectivity index (χ2v) is 5.10. The lowest BCUT2D eigenvalue weighted by molar-refractivity contribution is -0.0544. The lowest BCUT2D eigenvalue weighted by Gasteiger charge is -2.13. The van der Waals surface area contributed by atoms with Crippen molar-refractivity contribution in [1.82, 2.24) is 0 Å². The van der Waals surface area contributed by atoms with Gasteiger partial charge in [0.25, 0.3) is 0 Å². The van der Waals surface area contributed by atoms with Crippen molar-refractivity contribution in [3.05, 3.63) is 35.9 Å². The standard InChI is InChI=1S/C10H11F3O3S/c1-8(9-5-3-2-4-6-9)7-16-17(14,15)10(11,12)13/h2-6,8H,7H2,1H3. The van der Waals surface area contributed by atoms with Gasteiger partial charge in [0.1, 0.15) is 0 Å². The molecule has 0 N–H and O–H groups in total. The van der Waals surface area contributed by atoms with Crippen molar-refractivity contribution in [2.45, 2.75) is 18.3 Å². The molecule has 0 bridgehead atoms. The summed E-state index contributed by atoms with van der Waals surface area (Å²) in [6, 6.07) is 8.56. The van der Waals surface area contributed by atoms with Crippen LogP contribution in [0.4, 0.5) is 13.2 Å². The average Bonchev–Trinajstić information content (AvgIpc) is 2.25. The van der Waals surface area contributed by atoms with Crippen LogP contribution in [0.15, 0.2) is 30.3 Å². The van der Waals surface area contributed by atoms with Crippen molar-refractivity contribution in [2.24, 2.45) is 0 Å². The molecule has 0 saturated heterocycles. The quantitative estimate of drug-likeness (QED) is 0.623. The largest absolute Gasteiger partial charge is 0.523 e. The molecule has 1 atom stereocenters. The normalized spacial score (nSPS) is 14.6. The van der Waals surface area contributed by atoms with Crippen molar-refractivity contribution in [2.75, 3.05) is 6.61 Å². The minimum absolute atomic E-state index is 0.437. The fourth-order valence-electron chi connectivity index (χ4n) is 1.14. The van der Waals surface area contributed by atoms with Crippen LogP contribution in [0.1, 0.15) is 18.4 Å². The molecule has 0 aliphatic carbocycles. The van der Waals surface area contributed by atoms with Gasteiger partial charge in [0.2, 0.25) is 0 Å². The fraction of sp³-hybridized carbons (Fsp3) is 0.400. The van der Waals surface area contributed by atoms with Gasteiger partial charge in [-0.2, -0.15) is 21.6 Å². The predicted octanol–water partition coefficient (Wildman–Crippen LogP) is 2.66. The summed E-state index contributed by atoms with van der Waals surface area (Å²) in [4.78, 5) is 0. The molecule has 0 radical (unpaired) electrons. The molecular weight excluding hydrogens is 257 g/mol. The van der Waals surface area contributed by atoms with Gasteiger partial charge in [-0.05, 0) is 5.56 Å². The van der Waals surface area contributed by atoms with E-state index in [-0.39, 0.29) is 0 Å². The first-order valence-corrected chi connectivity index (χ1v) is 6.15. The lowest BCUT2D eigenvalue weighted by atomic mass is 10.0. The van der Waals surface area contributed by atoms with Gasteiger partial charge in [-0.3, -0.25) is 4.18 Å². The minimum atomic E-state index is -5.50. The molecule has 3 nitrogen and oxygen atoms in total. The summed E-state index contributed by atoms with van der Waals surface area (Å²) in [5.74, 6) is -0.437. The lowest BCUT2D eigenvalue weighted by Crippen LogP contribution is -2.26. The summed E-state index contributed by atoms with van der Waals surface area (Å²) in [6.07, 6.45) is 0. The van der Waals surface area contributed by atoms with Crippen molar-refractivity contribution in [3.63, 3.8) is 0 Å². The molecule has 0 spiro atoms. The first-order valence-electron chi connectivity index (χ1n) is 4.74. The first-order chi connectivity index (χ1) is 7.74. The Hall–Kier alpha value is -1.08. The molecule has 7 heteroatoms. The Morgan fingerprint density at radius 2 is 1.76 bits per heavy atom. The summed E-state index contributed by atoms with van der Waals surface area (Å²) in [5.41, 5.74) is -4.66. The zero-order valence-electron chi connectivity index (χ0n) is 8.94. The third-order valence-electron chi connectivity index (χ3n) is 2.13. The monoisotopic (exact) mass is 268 g/mol. The fourth-order valence-corrected chi connectivity index (χ4v) is 1.65.